The lowest BCUT2D eigenvalue weighted by atomic mass is 9.98. The summed E-state index contributed by atoms with van der Waals surface area (Å²) in [6.07, 6.45) is -1.19. The van der Waals surface area contributed by atoms with Crippen LogP contribution in [-0.4, -0.2) is 82.6 Å². The summed E-state index contributed by atoms with van der Waals surface area (Å²) in [6.45, 7) is 4.98. The molecule has 0 aromatic rings. The third-order valence-corrected chi connectivity index (χ3v) is 5.22. The first kappa shape index (κ1) is 31.5. The number of nitrogens with zero attached hydrogens (tertiary/aromatic N) is 1. The van der Waals surface area contributed by atoms with E-state index in [9.17, 15) is 34.2 Å². The molecule has 4 amide bonds. The van der Waals surface area contributed by atoms with Crippen LogP contribution >= 0.6 is 0 Å². The van der Waals surface area contributed by atoms with E-state index in [0.29, 0.717) is 6.42 Å². The summed E-state index contributed by atoms with van der Waals surface area (Å²) in [7, 11) is 0. The van der Waals surface area contributed by atoms with Gasteiger partial charge in [-0.1, -0.05) is 20.3 Å². The molecule has 0 aliphatic carbocycles. The Morgan fingerprint density at radius 1 is 0.914 bits per heavy atom. The molecule has 35 heavy (non-hydrogen) atoms. The normalized spacial score (nSPS) is 15.9. The Balaban J connectivity index is 5.59. The fourth-order valence-electron chi connectivity index (χ4n) is 2.87. The molecule has 0 fully saturated rings. The molecule has 0 rings (SSSR count). The number of carbonyl (C=O) groups excluding carboxylic acids is 4. The fraction of sp³-hybridized carbons (Fsp3) is 0.700. The Morgan fingerprint density at radius 3 is 1.94 bits per heavy atom. The molecule has 6 unspecified atom stereocenters. The van der Waals surface area contributed by atoms with Gasteiger partial charge in [0, 0.05) is 6.54 Å². The zero-order valence-corrected chi connectivity index (χ0v) is 20.2. The Morgan fingerprint density at radius 2 is 1.49 bits per heavy atom. The minimum absolute atomic E-state index is 0.0646. The summed E-state index contributed by atoms with van der Waals surface area (Å²) in [6, 6.07) is -5.32. The van der Waals surface area contributed by atoms with E-state index in [-0.39, 0.29) is 31.3 Å². The molecule has 0 aliphatic heterocycles. The Bertz CT molecular complexity index is 785. The van der Waals surface area contributed by atoms with Gasteiger partial charge in [0.05, 0.1) is 18.6 Å². The lowest BCUT2D eigenvalue weighted by molar-refractivity contribution is -0.144. The van der Waals surface area contributed by atoms with Crippen LogP contribution in [0, 0.1) is 5.92 Å². The molecule has 0 aromatic carbocycles. The van der Waals surface area contributed by atoms with Crippen LogP contribution in [0.25, 0.3) is 0 Å². The van der Waals surface area contributed by atoms with Crippen molar-refractivity contribution >= 4 is 35.6 Å². The number of aliphatic imine (C=N–C) groups is 1. The van der Waals surface area contributed by atoms with Gasteiger partial charge in [-0.3, -0.25) is 24.2 Å². The van der Waals surface area contributed by atoms with Crippen LogP contribution in [0.1, 0.15) is 46.5 Å². The molecule has 0 spiro atoms. The molecule has 0 radical (unpaired) electrons. The van der Waals surface area contributed by atoms with E-state index in [1.165, 1.54) is 6.92 Å². The first-order valence-corrected chi connectivity index (χ1v) is 11.1. The number of carboxylic acids is 1. The summed E-state index contributed by atoms with van der Waals surface area (Å²) in [4.78, 5) is 64.3. The Kier molecular flexibility index (Phi) is 13.9. The number of hydrogen-bond donors (Lipinski definition) is 9. The first-order valence-electron chi connectivity index (χ1n) is 11.1. The molecule has 0 heterocycles. The highest BCUT2D eigenvalue weighted by molar-refractivity contribution is 5.95. The van der Waals surface area contributed by atoms with Crippen LogP contribution in [0.5, 0.6) is 0 Å². The maximum Gasteiger partial charge on any atom is 0.326 e. The van der Waals surface area contributed by atoms with Crippen LogP contribution in [0.3, 0.4) is 0 Å². The van der Waals surface area contributed by atoms with Crippen LogP contribution in [0.4, 0.5) is 0 Å². The van der Waals surface area contributed by atoms with Gasteiger partial charge >= 0.3 is 5.97 Å². The molecule has 0 aromatic heterocycles. The van der Waals surface area contributed by atoms with Crippen molar-refractivity contribution in [1.29, 1.82) is 0 Å². The van der Waals surface area contributed by atoms with Crippen molar-refractivity contribution in [2.45, 2.75) is 76.7 Å². The quantitative estimate of drug-likeness (QED) is 0.0563. The second-order valence-electron chi connectivity index (χ2n) is 8.22. The largest absolute Gasteiger partial charge is 0.480 e. The molecule has 200 valence electrons. The smallest absolute Gasteiger partial charge is 0.326 e. The predicted molar refractivity (Wildman–Crippen MR) is 126 cm³/mol. The van der Waals surface area contributed by atoms with Gasteiger partial charge in [0.1, 0.15) is 18.1 Å². The zero-order valence-electron chi connectivity index (χ0n) is 20.2. The van der Waals surface area contributed by atoms with E-state index >= 15 is 0 Å². The van der Waals surface area contributed by atoms with Crippen LogP contribution in [0.2, 0.25) is 0 Å². The lowest BCUT2D eigenvalue weighted by Crippen LogP contribution is -2.60. The SMILES string of the molecule is CCC(C)C(N)C(=O)NC(CCCN=C(N)N)C(=O)NC(C(=O)NC(CC(N)=O)C(=O)O)C(C)O. The van der Waals surface area contributed by atoms with Gasteiger partial charge < -0.3 is 49.1 Å². The molecule has 0 aliphatic rings. The van der Waals surface area contributed by atoms with E-state index in [2.05, 4.69) is 20.9 Å². The van der Waals surface area contributed by atoms with E-state index in [4.69, 9.17) is 22.9 Å². The van der Waals surface area contributed by atoms with Crippen LogP contribution < -0.4 is 38.9 Å². The summed E-state index contributed by atoms with van der Waals surface area (Å²) < 4.78 is 0. The highest BCUT2D eigenvalue weighted by Crippen LogP contribution is 2.08. The Labute approximate surface area is 203 Å². The second-order valence-corrected chi connectivity index (χ2v) is 8.22. The number of nitrogens with one attached hydrogen (secondary N) is 3. The molecule has 0 saturated heterocycles. The van der Waals surface area contributed by atoms with Gasteiger partial charge in [0.2, 0.25) is 23.6 Å². The molecule has 6 atom stereocenters. The number of nitrogens with two attached hydrogens (primary N) is 4. The number of hydrogen-bond acceptors (Lipinski definition) is 8. The highest BCUT2D eigenvalue weighted by Gasteiger charge is 2.33. The molecule has 15 nitrogen and oxygen atoms in total. The highest BCUT2D eigenvalue weighted by atomic mass is 16.4. The molecular formula is C20H38N8O7. The monoisotopic (exact) mass is 502 g/mol. The number of aliphatic carboxylic acids is 1. The predicted octanol–water partition coefficient (Wildman–Crippen LogP) is -3.79. The van der Waals surface area contributed by atoms with Crippen molar-refractivity contribution in [2.24, 2.45) is 33.8 Å². The van der Waals surface area contributed by atoms with Crippen LogP contribution in [-0.2, 0) is 24.0 Å². The Hall–Kier alpha value is -3.46. The van der Waals surface area contributed by atoms with Crippen LogP contribution in [0.15, 0.2) is 4.99 Å². The molecule has 15 heteroatoms. The molecule has 0 saturated carbocycles. The maximum absolute atomic E-state index is 13.0. The maximum atomic E-state index is 13.0. The number of amides is 4. The average Bonchev–Trinajstić information content (AvgIpc) is 2.76. The number of aliphatic hydroxyl groups excluding tert-OH is 1. The molecular weight excluding hydrogens is 464 g/mol. The lowest BCUT2D eigenvalue weighted by Gasteiger charge is -2.27. The second kappa shape index (κ2) is 15.4. The number of aliphatic hydroxyl groups is 1. The number of guanidine groups is 1. The van der Waals surface area contributed by atoms with Gasteiger partial charge in [0.15, 0.2) is 5.96 Å². The third-order valence-electron chi connectivity index (χ3n) is 5.22. The van der Waals surface area contributed by atoms with Gasteiger partial charge in [0.25, 0.3) is 0 Å². The van der Waals surface area contributed by atoms with Gasteiger partial charge in [-0.05, 0) is 25.7 Å². The number of primary amides is 1. The van der Waals surface area contributed by atoms with Gasteiger partial charge in [-0.15, -0.1) is 0 Å². The fourth-order valence-corrected chi connectivity index (χ4v) is 2.87. The van der Waals surface area contributed by atoms with Crippen molar-refractivity contribution < 1.29 is 34.2 Å². The van der Waals surface area contributed by atoms with Gasteiger partial charge in [-0.2, -0.15) is 0 Å². The summed E-state index contributed by atoms with van der Waals surface area (Å²) in [5, 5.41) is 26.1. The summed E-state index contributed by atoms with van der Waals surface area (Å²) >= 11 is 0. The van der Waals surface area contributed by atoms with E-state index in [1.807, 2.05) is 6.92 Å². The zero-order chi connectivity index (χ0) is 27.3. The molecule has 0 bridgehead atoms. The molecule has 13 N–H and O–H groups in total. The van der Waals surface area contributed by atoms with E-state index < -0.39 is 66.3 Å². The van der Waals surface area contributed by atoms with E-state index in [1.54, 1.807) is 6.92 Å². The van der Waals surface area contributed by atoms with Crippen molar-refractivity contribution in [3.05, 3.63) is 0 Å². The topological polar surface area (TPSA) is 278 Å². The van der Waals surface area contributed by atoms with Crippen molar-refractivity contribution in [2.75, 3.05) is 6.54 Å². The standard InChI is InChI=1S/C20H38N8O7/c1-4-9(2)14(22)17(32)26-11(6-5-7-25-20(23)24)16(31)28-15(10(3)29)18(33)27-12(19(34)35)8-13(21)30/h9-12,14-15,29H,4-8,22H2,1-3H3,(H2,21,30)(H,26,32)(H,27,33)(H,28,31)(H,34,35)(H4,23,24,25). The summed E-state index contributed by atoms with van der Waals surface area (Å²) in [5.41, 5.74) is 21.5. The average molecular weight is 503 g/mol. The number of carbonyl (C=O) groups is 5. The van der Waals surface area contributed by atoms with E-state index in [0.717, 1.165) is 0 Å². The number of carboxylic acid groups (broad SMARTS) is 1. The van der Waals surface area contributed by atoms with Crippen molar-refractivity contribution in [3.63, 3.8) is 0 Å². The minimum Gasteiger partial charge on any atom is -0.480 e. The first-order chi connectivity index (χ1) is 16.2. The van der Waals surface area contributed by atoms with Crippen molar-refractivity contribution in [1.82, 2.24) is 16.0 Å². The van der Waals surface area contributed by atoms with Crippen molar-refractivity contribution in [3.8, 4) is 0 Å². The minimum atomic E-state index is -1.67. The summed E-state index contributed by atoms with van der Waals surface area (Å²) in [5.74, 6) is -5.32. The third kappa shape index (κ3) is 12.0. The van der Waals surface area contributed by atoms with Gasteiger partial charge in [-0.25, -0.2) is 4.79 Å². The number of rotatable bonds is 16.